The highest BCUT2D eigenvalue weighted by atomic mass is 35.5. The molecule has 138 valence electrons. The van der Waals surface area contributed by atoms with Gasteiger partial charge < -0.3 is 16.0 Å². The van der Waals surface area contributed by atoms with Crippen LogP contribution in [0.4, 0.5) is 0 Å². The quantitative estimate of drug-likeness (QED) is 0.610. The summed E-state index contributed by atoms with van der Waals surface area (Å²) in [5, 5.41) is 8.56. The summed E-state index contributed by atoms with van der Waals surface area (Å²) in [5.41, 5.74) is 0.414. The van der Waals surface area contributed by atoms with Gasteiger partial charge in [-0.15, -0.1) is 12.4 Å². The zero-order valence-electron chi connectivity index (χ0n) is 13.5. The molecule has 2 heterocycles. The molecular formula is C15H21ClN4O4S. The van der Waals surface area contributed by atoms with Crippen molar-refractivity contribution in [2.24, 2.45) is 5.92 Å². The van der Waals surface area contributed by atoms with Gasteiger partial charge in [0.25, 0.3) is 5.91 Å². The van der Waals surface area contributed by atoms with Gasteiger partial charge in [-0.25, -0.2) is 8.42 Å². The van der Waals surface area contributed by atoms with Crippen LogP contribution in [0.1, 0.15) is 10.4 Å². The fourth-order valence-electron chi connectivity index (χ4n) is 2.58. The minimum Gasteiger partial charge on any atom is -0.354 e. The maximum atomic E-state index is 12.5. The summed E-state index contributed by atoms with van der Waals surface area (Å²) in [6, 6.07) is 5.79. The summed E-state index contributed by atoms with van der Waals surface area (Å²) in [7, 11) is -3.73. The number of amides is 2. The molecule has 0 radical (unpaired) electrons. The van der Waals surface area contributed by atoms with E-state index in [1.165, 1.54) is 24.3 Å². The number of nitrogens with zero attached hydrogens (tertiary/aromatic N) is 1. The van der Waals surface area contributed by atoms with Crippen molar-refractivity contribution in [1.82, 2.24) is 20.3 Å². The average Bonchev–Trinajstić information content (AvgIpc) is 2.53. The predicted octanol–water partition coefficient (Wildman–Crippen LogP) is -0.822. The molecule has 0 aromatic heterocycles. The molecule has 2 aliphatic rings. The highest BCUT2D eigenvalue weighted by molar-refractivity contribution is 7.89. The lowest BCUT2D eigenvalue weighted by Crippen LogP contribution is -2.49. The largest absolute Gasteiger partial charge is 0.354 e. The number of sulfonamides is 1. The molecule has 0 spiro atoms. The molecular weight excluding hydrogens is 368 g/mol. The zero-order valence-corrected chi connectivity index (χ0v) is 15.2. The lowest BCUT2D eigenvalue weighted by Gasteiger charge is -2.27. The normalized spacial score (nSPS) is 18.6. The Bertz CT molecular complexity index is 734. The number of halogens is 1. The summed E-state index contributed by atoms with van der Waals surface area (Å²) in [5.74, 6) is -0.0756. The molecule has 2 fully saturated rings. The number of carbonyl (C=O) groups excluding carboxylic acids is 2. The van der Waals surface area contributed by atoms with Gasteiger partial charge in [0.2, 0.25) is 15.9 Å². The summed E-state index contributed by atoms with van der Waals surface area (Å²) >= 11 is 0. The van der Waals surface area contributed by atoms with Crippen LogP contribution in [0.25, 0.3) is 0 Å². The van der Waals surface area contributed by atoms with Crippen LogP contribution in [0, 0.1) is 5.92 Å². The van der Waals surface area contributed by atoms with Crippen LogP contribution in [0.2, 0.25) is 0 Å². The van der Waals surface area contributed by atoms with Gasteiger partial charge >= 0.3 is 0 Å². The summed E-state index contributed by atoms with van der Waals surface area (Å²) in [6.07, 6.45) is 0. The van der Waals surface area contributed by atoms with Gasteiger partial charge in [-0.3, -0.25) is 9.59 Å². The number of rotatable bonds is 5. The topological polar surface area (TPSA) is 108 Å². The minimum absolute atomic E-state index is 0. The first kappa shape index (κ1) is 19.6. The maximum Gasteiger partial charge on any atom is 0.251 e. The molecule has 0 unspecified atom stereocenters. The van der Waals surface area contributed by atoms with Crippen molar-refractivity contribution >= 4 is 34.2 Å². The van der Waals surface area contributed by atoms with Crippen LogP contribution in [-0.2, 0) is 14.8 Å². The highest BCUT2D eigenvalue weighted by Crippen LogP contribution is 2.17. The van der Waals surface area contributed by atoms with Gasteiger partial charge in [-0.1, -0.05) is 0 Å². The van der Waals surface area contributed by atoms with Gasteiger partial charge in [-0.05, 0) is 24.3 Å². The van der Waals surface area contributed by atoms with E-state index in [1.807, 2.05) is 0 Å². The molecule has 10 heteroatoms. The molecule has 25 heavy (non-hydrogen) atoms. The van der Waals surface area contributed by atoms with E-state index in [1.54, 1.807) is 0 Å². The number of nitrogens with one attached hydrogen (secondary N) is 3. The van der Waals surface area contributed by atoms with E-state index in [9.17, 15) is 18.0 Å². The molecule has 0 atom stereocenters. The maximum absolute atomic E-state index is 12.5. The van der Waals surface area contributed by atoms with Gasteiger partial charge in [0.15, 0.2) is 0 Å². The van der Waals surface area contributed by atoms with Crippen LogP contribution in [0.5, 0.6) is 0 Å². The minimum atomic E-state index is -3.73. The molecule has 1 aromatic rings. The predicted molar refractivity (Wildman–Crippen MR) is 94.2 cm³/mol. The SMILES string of the molecule is Cl.O=C1CN(S(=O)(=O)c2ccc(C(=O)NCC3CNC3)cc2)CCN1. The van der Waals surface area contributed by atoms with Gasteiger partial charge in [0.1, 0.15) is 0 Å². The molecule has 2 aliphatic heterocycles. The molecule has 0 saturated carbocycles. The van der Waals surface area contributed by atoms with E-state index in [4.69, 9.17) is 0 Å². The molecule has 3 rings (SSSR count). The highest BCUT2D eigenvalue weighted by Gasteiger charge is 2.29. The van der Waals surface area contributed by atoms with E-state index in [0.29, 0.717) is 24.6 Å². The monoisotopic (exact) mass is 388 g/mol. The van der Waals surface area contributed by atoms with Crippen molar-refractivity contribution in [3.05, 3.63) is 29.8 Å². The summed E-state index contributed by atoms with van der Waals surface area (Å²) < 4.78 is 26.2. The smallest absolute Gasteiger partial charge is 0.251 e. The van der Waals surface area contributed by atoms with Crippen LogP contribution in [0.15, 0.2) is 29.2 Å². The Kier molecular flexibility index (Phi) is 6.39. The van der Waals surface area contributed by atoms with E-state index in [-0.39, 0.29) is 42.2 Å². The lowest BCUT2D eigenvalue weighted by atomic mass is 10.0. The Morgan fingerprint density at radius 1 is 1.24 bits per heavy atom. The van der Waals surface area contributed by atoms with E-state index in [2.05, 4.69) is 16.0 Å². The Balaban J connectivity index is 0.00000225. The fraction of sp³-hybridized carbons (Fsp3) is 0.467. The summed E-state index contributed by atoms with van der Waals surface area (Å²) in [4.78, 5) is 23.5. The third kappa shape index (κ3) is 4.49. The van der Waals surface area contributed by atoms with Crippen LogP contribution >= 0.6 is 12.4 Å². The van der Waals surface area contributed by atoms with Crippen molar-refractivity contribution in [2.75, 3.05) is 39.3 Å². The zero-order chi connectivity index (χ0) is 17.2. The van der Waals surface area contributed by atoms with Crippen molar-refractivity contribution < 1.29 is 18.0 Å². The lowest BCUT2D eigenvalue weighted by molar-refractivity contribution is -0.122. The van der Waals surface area contributed by atoms with Crippen molar-refractivity contribution in [3.63, 3.8) is 0 Å². The Hall–Kier alpha value is -1.68. The Morgan fingerprint density at radius 2 is 1.92 bits per heavy atom. The molecule has 0 aliphatic carbocycles. The van der Waals surface area contributed by atoms with E-state index in [0.717, 1.165) is 17.4 Å². The second-order valence-corrected chi connectivity index (χ2v) is 7.89. The number of hydrogen-bond donors (Lipinski definition) is 3. The van der Waals surface area contributed by atoms with E-state index < -0.39 is 10.0 Å². The fourth-order valence-corrected chi connectivity index (χ4v) is 3.98. The van der Waals surface area contributed by atoms with Crippen LogP contribution in [0.3, 0.4) is 0 Å². The van der Waals surface area contributed by atoms with Crippen LogP contribution in [-0.4, -0.2) is 63.8 Å². The van der Waals surface area contributed by atoms with Gasteiger partial charge in [-0.2, -0.15) is 4.31 Å². The molecule has 2 amide bonds. The second-order valence-electron chi connectivity index (χ2n) is 5.95. The molecule has 2 saturated heterocycles. The Labute approximate surface area is 152 Å². The third-order valence-electron chi connectivity index (χ3n) is 4.17. The van der Waals surface area contributed by atoms with Crippen molar-refractivity contribution in [2.45, 2.75) is 4.90 Å². The first-order valence-corrected chi connectivity index (χ1v) is 9.26. The van der Waals surface area contributed by atoms with E-state index >= 15 is 0 Å². The average molecular weight is 389 g/mol. The second kappa shape index (κ2) is 8.13. The Morgan fingerprint density at radius 3 is 2.48 bits per heavy atom. The number of hydrogen-bond acceptors (Lipinski definition) is 5. The van der Waals surface area contributed by atoms with Gasteiger partial charge in [0, 0.05) is 44.2 Å². The van der Waals surface area contributed by atoms with Crippen molar-refractivity contribution in [3.8, 4) is 0 Å². The number of carbonyl (C=O) groups is 2. The molecule has 3 N–H and O–H groups in total. The standard InChI is InChI=1S/C15H20N4O4S.ClH/c20-14-10-19(6-5-17-14)24(22,23)13-3-1-12(2-4-13)15(21)18-9-11-7-16-8-11;/h1-4,11,16H,5-10H2,(H,17,20)(H,18,21);1H. The van der Waals surface area contributed by atoms with Crippen molar-refractivity contribution in [1.29, 1.82) is 0 Å². The molecule has 1 aromatic carbocycles. The number of piperazine rings is 1. The summed E-state index contributed by atoms with van der Waals surface area (Å²) in [6.45, 7) is 2.77. The molecule has 0 bridgehead atoms. The first-order chi connectivity index (χ1) is 11.5. The van der Waals surface area contributed by atoms with Gasteiger partial charge in [0.05, 0.1) is 11.4 Å². The van der Waals surface area contributed by atoms with Crippen LogP contribution < -0.4 is 16.0 Å². The molecule has 8 nitrogen and oxygen atoms in total. The number of benzene rings is 1. The first-order valence-electron chi connectivity index (χ1n) is 7.82. The third-order valence-corrected chi connectivity index (χ3v) is 6.03.